The summed E-state index contributed by atoms with van der Waals surface area (Å²) >= 11 is 0.932. The van der Waals surface area contributed by atoms with Crippen LogP contribution in [0.25, 0.3) is 0 Å². The highest BCUT2D eigenvalue weighted by Gasteiger charge is 2.51. The number of nitrogens with two attached hydrogens (primary N) is 1. The fraction of sp³-hybridized carbons (Fsp3) is 0.375. The van der Waals surface area contributed by atoms with E-state index in [2.05, 4.69) is 25.8 Å². The molecule has 0 aliphatic carbocycles. The summed E-state index contributed by atoms with van der Waals surface area (Å²) in [5.74, 6) is -6.00. The number of nitrogens with zero attached hydrogens (tertiary/aromatic N) is 4. The number of rotatable bonds is 10. The van der Waals surface area contributed by atoms with E-state index in [4.69, 9.17) is 10.6 Å². The monoisotopic (exact) mass is 697 g/mol. The third-order valence-corrected chi connectivity index (χ3v) is 8.86. The lowest BCUT2D eigenvalue weighted by molar-refractivity contribution is -0.161. The van der Waals surface area contributed by atoms with Gasteiger partial charge in [-0.1, -0.05) is 5.16 Å². The van der Waals surface area contributed by atoms with E-state index in [1.165, 1.54) is 26.2 Å². The average molecular weight is 698 g/mol. The number of imide groups is 1. The average Bonchev–Trinajstić information content (AvgIpc) is 3.57. The summed E-state index contributed by atoms with van der Waals surface area (Å²) in [6, 6.07) is -4.19. The van der Waals surface area contributed by atoms with Crippen molar-refractivity contribution in [3.63, 3.8) is 0 Å². The number of amides is 6. The predicted molar refractivity (Wildman–Crippen MR) is 158 cm³/mol. The molecule has 0 aromatic carbocycles. The van der Waals surface area contributed by atoms with E-state index in [-0.39, 0.29) is 20.8 Å². The molecule has 21 nitrogen and oxygen atoms in total. The molecule has 2 aromatic heterocycles. The highest BCUT2D eigenvalue weighted by atomic mass is 32.2. The molecule has 0 spiro atoms. The zero-order chi connectivity index (χ0) is 35.0. The molecule has 47 heavy (non-hydrogen) atoms. The molecule has 3 atom stereocenters. The van der Waals surface area contributed by atoms with Crippen molar-refractivity contribution in [1.82, 2.24) is 34.5 Å². The molecule has 2 aliphatic rings. The van der Waals surface area contributed by atoms with Crippen LogP contribution in [-0.2, 0) is 34.2 Å². The number of H-pyrrole nitrogens is 1. The topological polar surface area (TPSA) is 313 Å². The Morgan fingerprint density at radius 2 is 1.89 bits per heavy atom. The second-order valence-electron chi connectivity index (χ2n) is 10.6. The lowest BCUT2D eigenvalue weighted by atomic mass is 9.97. The molecule has 2 aromatic rings. The summed E-state index contributed by atoms with van der Waals surface area (Å²) in [5.41, 5.74) is 1.99. The number of carbonyl (C=O) groups excluding carboxylic acids is 5. The fourth-order valence-corrected chi connectivity index (χ4v) is 5.88. The van der Waals surface area contributed by atoms with Gasteiger partial charge in [0, 0.05) is 24.1 Å². The predicted octanol–water partition coefficient (Wildman–Crippen LogP) is -2.60. The van der Waals surface area contributed by atoms with Crippen molar-refractivity contribution in [2.45, 2.75) is 50.9 Å². The number of aromatic amines is 1. The van der Waals surface area contributed by atoms with Crippen LogP contribution < -0.4 is 26.5 Å². The van der Waals surface area contributed by atoms with Gasteiger partial charge >= 0.3 is 22.2 Å². The summed E-state index contributed by atoms with van der Waals surface area (Å²) in [4.78, 5) is 98.3. The van der Waals surface area contributed by atoms with Gasteiger partial charge in [-0.2, -0.15) is 8.42 Å². The molecule has 0 bridgehead atoms. The second-order valence-corrected chi connectivity index (χ2v) is 13.1. The number of thiazole rings is 1. The Morgan fingerprint density at radius 3 is 2.47 bits per heavy atom. The largest absolute Gasteiger partial charge is 0.503 e. The van der Waals surface area contributed by atoms with Gasteiger partial charge in [0.1, 0.15) is 17.4 Å². The van der Waals surface area contributed by atoms with E-state index < -0.39 is 99.4 Å². The summed E-state index contributed by atoms with van der Waals surface area (Å²) in [6.45, 7) is 3.04. The SMILES string of the molecule is C[C@H]1[C@H](NC(=O)/C(=N\OC(C)(C)C(=O)O)c2csc(N)n2)C(=O)N1C(=O)NS(=O)(=O)N1C[C@@H](NC(=O)c2cc(=O)c(O)c[nH]2)CC1=O. The molecule has 4 heterocycles. The van der Waals surface area contributed by atoms with Crippen LogP contribution in [0.2, 0.25) is 0 Å². The number of anilines is 1. The Bertz CT molecular complexity index is 1870. The van der Waals surface area contributed by atoms with Crippen LogP contribution in [0, 0.1) is 0 Å². The van der Waals surface area contributed by atoms with Gasteiger partial charge in [0.25, 0.3) is 17.7 Å². The number of β-lactam (4-membered cyclic amide) rings is 1. The first-order valence-electron chi connectivity index (χ1n) is 13.3. The zero-order valence-electron chi connectivity index (χ0n) is 24.5. The molecular weight excluding hydrogens is 670 g/mol. The van der Waals surface area contributed by atoms with Gasteiger partial charge in [0.2, 0.25) is 16.9 Å². The van der Waals surface area contributed by atoms with Crippen molar-refractivity contribution in [3.8, 4) is 5.75 Å². The molecule has 2 aliphatic heterocycles. The third-order valence-electron chi connectivity index (χ3n) is 6.82. The highest BCUT2D eigenvalue weighted by Crippen LogP contribution is 2.23. The molecule has 0 radical (unpaired) electrons. The van der Waals surface area contributed by atoms with Gasteiger partial charge in [-0.3, -0.25) is 28.9 Å². The molecule has 2 saturated heterocycles. The maximum absolute atomic E-state index is 13.1. The summed E-state index contributed by atoms with van der Waals surface area (Å²) in [6.07, 6.45) is 0.386. The number of carbonyl (C=O) groups is 6. The van der Waals surface area contributed by atoms with E-state index >= 15 is 0 Å². The van der Waals surface area contributed by atoms with Gasteiger partial charge in [-0.25, -0.2) is 23.6 Å². The minimum atomic E-state index is -4.88. The number of aromatic nitrogens is 2. The van der Waals surface area contributed by atoms with Crippen molar-refractivity contribution in [2.24, 2.45) is 5.16 Å². The summed E-state index contributed by atoms with van der Waals surface area (Å²) in [7, 11) is -4.88. The Morgan fingerprint density at radius 1 is 1.21 bits per heavy atom. The van der Waals surface area contributed by atoms with E-state index in [1.54, 1.807) is 4.72 Å². The maximum atomic E-state index is 13.1. The van der Waals surface area contributed by atoms with Crippen LogP contribution in [0.15, 0.2) is 27.6 Å². The van der Waals surface area contributed by atoms with Crippen molar-refractivity contribution < 1.29 is 52.2 Å². The fourth-order valence-electron chi connectivity index (χ4n) is 4.18. The van der Waals surface area contributed by atoms with Gasteiger partial charge in [-0.15, -0.1) is 11.3 Å². The van der Waals surface area contributed by atoms with Crippen LogP contribution in [0.1, 0.15) is 43.4 Å². The summed E-state index contributed by atoms with van der Waals surface area (Å²) < 4.78 is 27.7. The molecule has 4 rings (SSSR count). The van der Waals surface area contributed by atoms with Gasteiger partial charge in [0.05, 0.1) is 18.6 Å². The molecule has 6 amide bonds. The number of pyridine rings is 1. The molecule has 23 heteroatoms. The van der Waals surface area contributed by atoms with Crippen molar-refractivity contribution in [3.05, 3.63) is 39.3 Å². The number of urea groups is 1. The zero-order valence-corrected chi connectivity index (χ0v) is 26.2. The number of aromatic hydroxyl groups is 1. The van der Waals surface area contributed by atoms with Gasteiger partial charge in [-0.05, 0) is 20.8 Å². The lowest BCUT2D eigenvalue weighted by Crippen LogP contribution is -2.73. The number of likely N-dealkylation sites (tertiary alicyclic amines) is 1. The number of hydrogen-bond donors (Lipinski definition) is 7. The molecule has 0 saturated carbocycles. The lowest BCUT2D eigenvalue weighted by Gasteiger charge is -2.43. The molecule has 0 unspecified atom stereocenters. The second kappa shape index (κ2) is 12.7. The van der Waals surface area contributed by atoms with Crippen molar-refractivity contribution >= 4 is 68.0 Å². The molecule has 8 N–H and O–H groups in total. The Balaban J connectivity index is 1.39. The van der Waals surface area contributed by atoms with Gasteiger partial charge in [0.15, 0.2) is 16.6 Å². The highest BCUT2D eigenvalue weighted by molar-refractivity contribution is 7.88. The third kappa shape index (κ3) is 7.14. The minimum Gasteiger partial charge on any atom is -0.503 e. The normalized spacial score (nSPS) is 20.0. The first-order chi connectivity index (χ1) is 21.8. The number of carboxylic acids is 1. The van der Waals surface area contributed by atoms with E-state index in [0.717, 1.165) is 23.6 Å². The number of nitrogen functional groups attached to an aromatic ring is 1. The number of carboxylic acid groups (broad SMARTS) is 1. The Hall–Kier alpha value is -5.58. The van der Waals surface area contributed by atoms with Crippen molar-refractivity contribution in [2.75, 3.05) is 12.3 Å². The van der Waals surface area contributed by atoms with Crippen LogP contribution in [0.5, 0.6) is 5.75 Å². The van der Waals surface area contributed by atoms with Gasteiger partial charge < -0.3 is 36.4 Å². The molecule has 2 fully saturated rings. The van der Waals surface area contributed by atoms with Crippen LogP contribution >= 0.6 is 11.3 Å². The van der Waals surface area contributed by atoms with Crippen molar-refractivity contribution in [1.29, 1.82) is 0 Å². The number of nitrogens with one attached hydrogen (secondary N) is 4. The first kappa shape index (κ1) is 34.3. The standard InChI is InChI=1S/C24H27N9O12S2/c1-9-16(29-19(38)17(12-8-46-22(25)28-12)30-45-24(2,3)21(40)41)20(39)33(9)23(42)31-47(43,44)32-7-10(4-15(32)36)27-18(37)11-5-13(34)14(35)6-26-11/h5-6,8-10,16,35H,4,7H2,1-3H3,(H2,25,28)(H,26,34)(H,27,37)(H,29,38)(H,31,42)(H,40,41)/b30-17-/t9-,10-,16-/m0/s1. The maximum Gasteiger partial charge on any atom is 0.350 e. The number of oxime groups is 1. The quantitative estimate of drug-likeness (QED) is 0.0761. The first-order valence-corrected chi connectivity index (χ1v) is 15.6. The minimum absolute atomic E-state index is 0.0361. The Kier molecular flexibility index (Phi) is 9.24. The number of aliphatic carboxylic acids is 1. The van der Waals surface area contributed by atoms with Crippen LogP contribution in [0.4, 0.5) is 9.93 Å². The van der Waals surface area contributed by atoms with E-state index in [1.807, 2.05) is 0 Å². The molecular formula is C24H27N9O12S2. The Labute approximate surface area is 267 Å². The summed E-state index contributed by atoms with van der Waals surface area (Å²) in [5, 5.41) is 28.2. The van der Waals surface area contributed by atoms with E-state index in [9.17, 15) is 52.2 Å². The van der Waals surface area contributed by atoms with E-state index in [0.29, 0.717) is 4.90 Å². The van der Waals surface area contributed by atoms with Crippen LogP contribution in [-0.4, -0.2) is 109 Å². The molecule has 252 valence electrons. The smallest absolute Gasteiger partial charge is 0.350 e. The number of hydrogen-bond acceptors (Lipinski definition) is 15. The van der Waals surface area contributed by atoms with Crippen LogP contribution in [0.3, 0.4) is 0 Å².